The van der Waals surface area contributed by atoms with Gasteiger partial charge in [-0.05, 0) is 53.0 Å². The topological polar surface area (TPSA) is 73.6 Å². The molecule has 2 aliphatic rings. The Hall–Kier alpha value is -1.62. The van der Waals surface area contributed by atoms with E-state index in [1.807, 2.05) is 27.7 Å². The number of nitriles is 1. The molecule has 1 aromatic heterocycles. The molecule has 6 nitrogen and oxygen atoms in total. The Morgan fingerprint density at radius 2 is 2.00 bits per heavy atom. The van der Waals surface area contributed by atoms with E-state index in [9.17, 15) is 5.26 Å². The molecule has 1 aromatic rings. The van der Waals surface area contributed by atoms with Gasteiger partial charge >= 0.3 is 7.12 Å². The zero-order chi connectivity index (χ0) is 18.1. The van der Waals surface area contributed by atoms with Crippen LogP contribution in [-0.4, -0.2) is 42.6 Å². The average molecular weight is 344 g/mol. The van der Waals surface area contributed by atoms with Crippen molar-refractivity contribution in [1.29, 1.82) is 5.26 Å². The molecule has 134 valence electrons. The monoisotopic (exact) mass is 344 g/mol. The molecule has 0 N–H and O–H groups in total. The molecule has 0 saturated carbocycles. The van der Waals surface area contributed by atoms with Gasteiger partial charge in [0.05, 0.1) is 17.3 Å². The number of hydrogen-bond acceptors (Lipinski definition) is 6. The lowest BCUT2D eigenvalue weighted by atomic mass is 9.80. The minimum absolute atomic E-state index is 0.0740. The molecule has 0 radical (unpaired) electrons. The van der Waals surface area contributed by atoms with E-state index < -0.39 is 18.3 Å². The van der Waals surface area contributed by atoms with Crippen LogP contribution in [0.2, 0.25) is 0 Å². The molecule has 7 heteroatoms. The van der Waals surface area contributed by atoms with Crippen molar-refractivity contribution >= 4 is 12.6 Å². The molecular weight excluding hydrogens is 319 g/mol. The highest BCUT2D eigenvalue weighted by molar-refractivity contribution is 6.62. The Morgan fingerprint density at radius 3 is 2.60 bits per heavy atom. The second-order valence-corrected chi connectivity index (χ2v) is 7.62. The van der Waals surface area contributed by atoms with Gasteiger partial charge in [0.2, 0.25) is 5.88 Å². The largest absolute Gasteiger partial charge is 0.496 e. The molecular formula is C18H25BN2O4. The van der Waals surface area contributed by atoms with Gasteiger partial charge in [-0.25, -0.2) is 4.98 Å². The molecule has 2 saturated heterocycles. The van der Waals surface area contributed by atoms with E-state index in [2.05, 4.69) is 11.1 Å². The fourth-order valence-corrected chi connectivity index (χ4v) is 2.88. The van der Waals surface area contributed by atoms with Gasteiger partial charge in [-0.15, -0.1) is 0 Å². The number of rotatable bonds is 4. The van der Waals surface area contributed by atoms with Gasteiger partial charge in [0.15, 0.2) is 0 Å². The molecule has 0 aliphatic carbocycles. The van der Waals surface area contributed by atoms with Crippen LogP contribution in [0.3, 0.4) is 0 Å². The number of ether oxygens (including phenoxy) is 2. The molecule has 0 aromatic carbocycles. The van der Waals surface area contributed by atoms with Crippen molar-refractivity contribution < 1.29 is 18.8 Å². The molecule has 25 heavy (non-hydrogen) atoms. The van der Waals surface area contributed by atoms with Gasteiger partial charge in [-0.1, -0.05) is 0 Å². The van der Waals surface area contributed by atoms with Crippen LogP contribution in [0.25, 0.3) is 0 Å². The van der Waals surface area contributed by atoms with Crippen molar-refractivity contribution in [2.45, 2.75) is 64.3 Å². The first-order valence-electron chi connectivity index (χ1n) is 8.82. The smallest absolute Gasteiger partial charge is 0.474 e. The summed E-state index contributed by atoms with van der Waals surface area (Å²) in [4.78, 5) is 4.31. The van der Waals surface area contributed by atoms with Gasteiger partial charge < -0.3 is 18.8 Å². The maximum Gasteiger partial charge on any atom is 0.496 e. The van der Waals surface area contributed by atoms with Crippen LogP contribution in [-0.2, 0) is 14.0 Å². The highest BCUT2D eigenvalue weighted by atomic mass is 16.7. The van der Waals surface area contributed by atoms with Gasteiger partial charge in [-0.2, -0.15) is 5.26 Å². The molecule has 3 rings (SSSR count). The summed E-state index contributed by atoms with van der Waals surface area (Å²) in [5.74, 6) is 0.331. The summed E-state index contributed by atoms with van der Waals surface area (Å²) >= 11 is 0. The van der Waals surface area contributed by atoms with Gasteiger partial charge in [0.25, 0.3) is 0 Å². The Kier molecular flexibility index (Phi) is 5.05. The van der Waals surface area contributed by atoms with Crippen LogP contribution in [0, 0.1) is 11.3 Å². The molecule has 0 bridgehead atoms. The number of nitrogens with zero attached hydrogens (tertiary/aromatic N) is 2. The minimum Gasteiger partial charge on any atom is -0.474 e. The fraction of sp³-hybridized carbons (Fsp3) is 0.667. The predicted octanol–water partition coefficient (Wildman–Crippen LogP) is 2.20. The van der Waals surface area contributed by atoms with Gasteiger partial charge in [0.1, 0.15) is 18.2 Å². The van der Waals surface area contributed by atoms with E-state index in [-0.39, 0.29) is 6.10 Å². The van der Waals surface area contributed by atoms with Crippen LogP contribution in [0.4, 0.5) is 0 Å². The van der Waals surface area contributed by atoms with Crippen molar-refractivity contribution in [2.75, 3.05) is 13.2 Å². The summed E-state index contributed by atoms with van der Waals surface area (Å²) < 4.78 is 23.4. The van der Waals surface area contributed by atoms with Gasteiger partial charge in [-0.3, -0.25) is 0 Å². The van der Waals surface area contributed by atoms with E-state index in [1.165, 1.54) is 0 Å². The fourth-order valence-electron chi connectivity index (χ4n) is 2.88. The van der Waals surface area contributed by atoms with E-state index in [0.29, 0.717) is 18.1 Å². The van der Waals surface area contributed by atoms with Crippen molar-refractivity contribution in [3.63, 3.8) is 0 Å². The lowest BCUT2D eigenvalue weighted by Gasteiger charge is -2.32. The standard InChI is InChI=1S/C18H25BN2O4/c1-17(2)18(3,4)25-19(24-17)14-9-13(10-20)16(21-11-14)23-12-15-7-5-6-8-22-15/h9,11,15H,5-8,12H2,1-4H3/t15-/m1/s1. The predicted molar refractivity (Wildman–Crippen MR) is 93.8 cm³/mol. The third-order valence-corrected chi connectivity index (χ3v) is 5.20. The normalized spacial score (nSPS) is 24.8. The molecule has 2 aliphatic heterocycles. The second-order valence-electron chi connectivity index (χ2n) is 7.62. The zero-order valence-corrected chi connectivity index (χ0v) is 15.4. The van der Waals surface area contributed by atoms with E-state index in [4.69, 9.17) is 18.8 Å². The SMILES string of the molecule is CC1(C)OB(c2cnc(OC[C@H]3CCCCO3)c(C#N)c2)OC1(C)C. The number of hydrogen-bond donors (Lipinski definition) is 0. The molecule has 0 amide bonds. The summed E-state index contributed by atoms with van der Waals surface area (Å²) in [6, 6.07) is 3.88. The summed E-state index contributed by atoms with van der Waals surface area (Å²) in [5, 5.41) is 9.45. The minimum atomic E-state index is -0.541. The van der Waals surface area contributed by atoms with Crippen LogP contribution in [0.5, 0.6) is 5.88 Å². The first kappa shape index (κ1) is 18.2. The van der Waals surface area contributed by atoms with Gasteiger partial charge in [0, 0.05) is 18.3 Å². The van der Waals surface area contributed by atoms with Crippen molar-refractivity contribution in [1.82, 2.24) is 4.98 Å². The number of pyridine rings is 1. The van der Waals surface area contributed by atoms with E-state index in [0.717, 1.165) is 31.3 Å². The van der Waals surface area contributed by atoms with E-state index >= 15 is 0 Å². The highest BCUT2D eigenvalue weighted by Crippen LogP contribution is 2.36. The Balaban J connectivity index is 1.71. The third-order valence-electron chi connectivity index (χ3n) is 5.20. The first-order chi connectivity index (χ1) is 11.8. The quantitative estimate of drug-likeness (QED) is 0.780. The summed E-state index contributed by atoms with van der Waals surface area (Å²) in [5.41, 5.74) is 0.232. The third kappa shape index (κ3) is 3.81. The molecule has 0 spiro atoms. The lowest BCUT2D eigenvalue weighted by molar-refractivity contribution is -0.0119. The zero-order valence-electron chi connectivity index (χ0n) is 15.4. The lowest BCUT2D eigenvalue weighted by Crippen LogP contribution is -2.41. The Labute approximate surface area is 149 Å². The Morgan fingerprint density at radius 1 is 1.28 bits per heavy atom. The van der Waals surface area contributed by atoms with Crippen LogP contribution < -0.4 is 10.2 Å². The number of aromatic nitrogens is 1. The summed E-state index contributed by atoms with van der Waals surface area (Å²) in [7, 11) is -0.541. The Bertz CT molecular complexity index is 650. The van der Waals surface area contributed by atoms with Crippen LogP contribution in [0.1, 0.15) is 52.5 Å². The van der Waals surface area contributed by atoms with Crippen LogP contribution in [0.15, 0.2) is 12.3 Å². The van der Waals surface area contributed by atoms with Crippen LogP contribution >= 0.6 is 0 Å². The average Bonchev–Trinajstić information content (AvgIpc) is 2.81. The summed E-state index contributed by atoms with van der Waals surface area (Å²) in [6.45, 7) is 9.16. The molecule has 3 heterocycles. The maximum absolute atomic E-state index is 9.45. The van der Waals surface area contributed by atoms with Crippen molar-refractivity contribution in [2.24, 2.45) is 0 Å². The molecule has 2 fully saturated rings. The maximum atomic E-state index is 9.45. The first-order valence-corrected chi connectivity index (χ1v) is 8.82. The van der Waals surface area contributed by atoms with Crippen molar-refractivity contribution in [3.05, 3.63) is 17.8 Å². The second kappa shape index (κ2) is 6.95. The molecule has 1 atom stereocenters. The molecule has 0 unspecified atom stereocenters. The van der Waals surface area contributed by atoms with Crippen molar-refractivity contribution in [3.8, 4) is 11.9 Å². The van der Waals surface area contributed by atoms with E-state index in [1.54, 1.807) is 12.3 Å². The highest BCUT2D eigenvalue weighted by Gasteiger charge is 2.51. The summed E-state index contributed by atoms with van der Waals surface area (Å²) in [6.07, 6.45) is 4.95.